The van der Waals surface area contributed by atoms with Crippen LogP contribution in [0.25, 0.3) is 0 Å². The summed E-state index contributed by atoms with van der Waals surface area (Å²) in [5.74, 6) is -0.224. The summed E-state index contributed by atoms with van der Waals surface area (Å²) in [5, 5.41) is 13.5. The van der Waals surface area contributed by atoms with Crippen LogP contribution in [-0.4, -0.2) is 52.4 Å². The molecule has 146 valence electrons. The lowest BCUT2D eigenvalue weighted by Crippen LogP contribution is -2.35. The van der Waals surface area contributed by atoms with Crippen LogP contribution in [0.1, 0.15) is 41.5 Å². The van der Waals surface area contributed by atoms with E-state index in [0.29, 0.717) is 17.1 Å². The van der Waals surface area contributed by atoms with E-state index in [4.69, 9.17) is 9.47 Å². The SMILES string of the molecule is COc1cc(CN(CC(=O)O)C(=O)c2cc(C(C)C)n(C)n2)cc(OC)c1. The molecule has 0 saturated heterocycles. The molecule has 0 spiro atoms. The average Bonchev–Trinajstić information content (AvgIpc) is 3.01. The fourth-order valence-corrected chi connectivity index (χ4v) is 2.83. The molecular formula is C19H25N3O5. The van der Waals surface area contributed by atoms with Crippen LogP contribution in [0.2, 0.25) is 0 Å². The van der Waals surface area contributed by atoms with Crippen LogP contribution in [-0.2, 0) is 18.4 Å². The number of aromatic nitrogens is 2. The predicted molar refractivity (Wildman–Crippen MR) is 99.2 cm³/mol. The Morgan fingerprint density at radius 1 is 1.15 bits per heavy atom. The molecule has 8 nitrogen and oxygen atoms in total. The molecule has 1 amide bonds. The first-order valence-corrected chi connectivity index (χ1v) is 8.52. The number of ether oxygens (including phenoxy) is 2. The first-order valence-electron chi connectivity index (χ1n) is 8.52. The molecule has 0 aliphatic heterocycles. The van der Waals surface area contributed by atoms with Crippen molar-refractivity contribution in [2.45, 2.75) is 26.3 Å². The van der Waals surface area contributed by atoms with E-state index >= 15 is 0 Å². The molecule has 1 heterocycles. The van der Waals surface area contributed by atoms with Crippen LogP contribution in [0.5, 0.6) is 11.5 Å². The maximum Gasteiger partial charge on any atom is 0.323 e. The van der Waals surface area contributed by atoms with Gasteiger partial charge in [-0.2, -0.15) is 5.10 Å². The number of aliphatic carboxylic acids is 1. The molecule has 0 aliphatic rings. The summed E-state index contributed by atoms with van der Waals surface area (Å²) in [5.41, 5.74) is 1.81. The number of methoxy groups -OCH3 is 2. The van der Waals surface area contributed by atoms with Gasteiger partial charge >= 0.3 is 5.97 Å². The van der Waals surface area contributed by atoms with Crippen molar-refractivity contribution in [3.63, 3.8) is 0 Å². The minimum absolute atomic E-state index is 0.0896. The Morgan fingerprint density at radius 2 is 1.74 bits per heavy atom. The summed E-state index contributed by atoms with van der Waals surface area (Å²) >= 11 is 0. The fourth-order valence-electron chi connectivity index (χ4n) is 2.83. The van der Waals surface area contributed by atoms with Crippen LogP contribution in [0.15, 0.2) is 24.3 Å². The quantitative estimate of drug-likeness (QED) is 0.761. The number of carboxylic acids is 1. The molecule has 1 aromatic heterocycles. The number of hydrogen-bond donors (Lipinski definition) is 1. The third-order valence-corrected chi connectivity index (χ3v) is 4.12. The summed E-state index contributed by atoms with van der Waals surface area (Å²) in [6.07, 6.45) is 0. The van der Waals surface area contributed by atoms with Crippen molar-refractivity contribution in [1.29, 1.82) is 0 Å². The zero-order chi connectivity index (χ0) is 20.1. The van der Waals surface area contributed by atoms with Gasteiger partial charge in [-0.1, -0.05) is 13.8 Å². The Kier molecular flexibility index (Phi) is 6.44. The summed E-state index contributed by atoms with van der Waals surface area (Å²) in [6, 6.07) is 6.89. The minimum Gasteiger partial charge on any atom is -0.497 e. The van der Waals surface area contributed by atoms with Crippen molar-refractivity contribution in [2.24, 2.45) is 7.05 Å². The topological polar surface area (TPSA) is 93.9 Å². The number of nitrogens with zero attached hydrogens (tertiary/aromatic N) is 3. The lowest BCUT2D eigenvalue weighted by atomic mass is 10.1. The van der Waals surface area contributed by atoms with E-state index in [0.717, 1.165) is 5.69 Å². The van der Waals surface area contributed by atoms with Gasteiger partial charge in [0, 0.05) is 25.4 Å². The molecule has 0 aliphatic carbocycles. The van der Waals surface area contributed by atoms with Gasteiger partial charge in [-0.15, -0.1) is 0 Å². The van der Waals surface area contributed by atoms with Gasteiger partial charge < -0.3 is 19.5 Å². The molecule has 27 heavy (non-hydrogen) atoms. The molecule has 2 rings (SSSR count). The van der Waals surface area contributed by atoms with Gasteiger partial charge in [0.1, 0.15) is 18.0 Å². The third kappa shape index (κ3) is 4.99. The molecule has 0 saturated carbocycles. The van der Waals surface area contributed by atoms with Crippen molar-refractivity contribution >= 4 is 11.9 Å². The number of carbonyl (C=O) groups excluding carboxylic acids is 1. The fraction of sp³-hybridized carbons (Fsp3) is 0.421. The highest BCUT2D eigenvalue weighted by molar-refractivity contribution is 5.94. The van der Waals surface area contributed by atoms with Crippen LogP contribution >= 0.6 is 0 Å². The van der Waals surface area contributed by atoms with Gasteiger partial charge in [-0.3, -0.25) is 14.3 Å². The standard InChI is InChI=1S/C19H25N3O5/c1-12(2)17-9-16(20-21(17)3)19(25)22(11-18(23)24)10-13-6-14(26-4)8-15(7-13)27-5/h6-9,12H,10-11H2,1-5H3,(H,23,24). The third-order valence-electron chi connectivity index (χ3n) is 4.12. The lowest BCUT2D eigenvalue weighted by Gasteiger charge is -2.20. The largest absolute Gasteiger partial charge is 0.497 e. The number of carboxylic acid groups (broad SMARTS) is 1. The smallest absolute Gasteiger partial charge is 0.323 e. The number of carbonyl (C=O) groups is 2. The second-order valence-corrected chi connectivity index (χ2v) is 6.51. The van der Waals surface area contributed by atoms with Gasteiger partial charge in [-0.25, -0.2) is 0 Å². The maximum atomic E-state index is 12.9. The Bertz CT molecular complexity index is 806. The molecular weight excluding hydrogens is 350 g/mol. The maximum absolute atomic E-state index is 12.9. The Morgan fingerprint density at radius 3 is 2.19 bits per heavy atom. The molecule has 1 aromatic carbocycles. The van der Waals surface area contributed by atoms with Gasteiger partial charge in [0.05, 0.1) is 14.2 Å². The molecule has 0 bridgehead atoms. The van der Waals surface area contributed by atoms with Crippen molar-refractivity contribution < 1.29 is 24.2 Å². The molecule has 0 fully saturated rings. The van der Waals surface area contributed by atoms with Gasteiger partial charge in [0.2, 0.25) is 0 Å². The summed E-state index contributed by atoms with van der Waals surface area (Å²) in [7, 11) is 4.82. The lowest BCUT2D eigenvalue weighted by molar-refractivity contribution is -0.137. The minimum atomic E-state index is -1.10. The van der Waals surface area contributed by atoms with E-state index in [1.54, 1.807) is 36.0 Å². The van der Waals surface area contributed by atoms with Crippen LogP contribution in [0.3, 0.4) is 0 Å². The predicted octanol–water partition coefficient (Wildman–Crippen LogP) is 2.29. The Balaban J connectivity index is 2.34. The van der Waals surface area contributed by atoms with E-state index in [1.165, 1.54) is 19.1 Å². The number of aryl methyl sites for hydroxylation is 1. The molecule has 1 N–H and O–H groups in total. The summed E-state index contributed by atoms with van der Waals surface area (Å²) < 4.78 is 12.1. The molecule has 2 aromatic rings. The molecule has 0 radical (unpaired) electrons. The summed E-state index contributed by atoms with van der Waals surface area (Å²) in [4.78, 5) is 25.4. The van der Waals surface area contributed by atoms with E-state index < -0.39 is 18.4 Å². The molecule has 8 heteroatoms. The van der Waals surface area contributed by atoms with Gasteiger partial charge in [-0.05, 0) is 29.7 Å². The number of amides is 1. The van der Waals surface area contributed by atoms with E-state index in [2.05, 4.69) is 5.10 Å². The summed E-state index contributed by atoms with van der Waals surface area (Å²) in [6.45, 7) is 3.66. The van der Waals surface area contributed by atoms with Gasteiger partial charge in [0.15, 0.2) is 5.69 Å². The van der Waals surface area contributed by atoms with Crippen LogP contribution < -0.4 is 9.47 Å². The molecule has 0 unspecified atom stereocenters. The normalized spacial score (nSPS) is 10.7. The zero-order valence-corrected chi connectivity index (χ0v) is 16.2. The van der Waals surface area contributed by atoms with Crippen molar-refractivity contribution in [3.05, 3.63) is 41.2 Å². The Hall–Kier alpha value is -3.03. The second-order valence-electron chi connectivity index (χ2n) is 6.51. The number of rotatable bonds is 8. The first-order chi connectivity index (χ1) is 12.7. The highest BCUT2D eigenvalue weighted by Crippen LogP contribution is 2.24. The van der Waals surface area contributed by atoms with Crippen molar-refractivity contribution in [3.8, 4) is 11.5 Å². The van der Waals surface area contributed by atoms with Gasteiger partial charge in [0.25, 0.3) is 5.91 Å². The first kappa shape index (κ1) is 20.3. The highest BCUT2D eigenvalue weighted by atomic mass is 16.5. The second kappa shape index (κ2) is 8.57. The Labute approximate surface area is 158 Å². The molecule has 0 atom stereocenters. The average molecular weight is 375 g/mol. The monoisotopic (exact) mass is 375 g/mol. The van der Waals surface area contributed by atoms with Crippen LogP contribution in [0.4, 0.5) is 0 Å². The van der Waals surface area contributed by atoms with E-state index in [-0.39, 0.29) is 18.2 Å². The van der Waals surface area contributed by atoms with E-state index in [1.807, 2.05) is 13.8 Å². The number of hydrogen-bond acceptors (Lipinski definition) is 5. The van der Waals surface area contributed by atoms with Crippen LogP contribution in [0, 0.1) is 0 Å². The highest BCUT2D eigenvalue weighted by Gasteiger charge is 2.23. The number of benzene rings is 1. The van der Waals surface area contributed by atoms with E-state index in [9.17, 15) is 14.7 Å². The van der Waals surface area contributed by atoms with Crippen molar-refractivity contribution in [1.82, 2.24) is 14.7 Å². The van der Waals surface area contributed by atoms with Crippen molar-refractivity contribution in [2.75, 3.05) is 20.8 Å². The zero-order valence-electron chi connectivity index (χ0n) is 16.2.